The first-order chi connectivity index (χ1) is 6.79. The number of nitrogens with zero attached hydrogens (tertiary/aromatic N) is 1. The molecule has 1 atom stereocenters. The molecule has 0 radical (unpaired) electrons. The van der Waals surface area contributed by atoms with Crippen LogP contribution in [-0.4, -0.2) is 22.0 Å². The Morgan fingerprint density at radius 2 is 2.57 bits per heavy atom. The molecule has 1 aliphatic rings. The van der Waals surface area contributed by atoms with Crippen LogP contribution in [0.5, 0.6) is 0 Å². The zero-order valence-electron chi connectivity index (χ0n) is 8.45. The second-order valence-corrected chi connectivity index (χ2v) is 6.59. The highest BCUT2D eigenvalue weighted by Crippen LogP contribution is 2.36. The molecule has 2 nitrogen and oxygen atoms in total. The predicted octanol–water partition coefficient (Wildman–Crippen LogP) is 2.52. The molecule has 1 N–H and O–H groups in total. The van der Waals surface area contributed by atoms with Crippen LogP contribution in [0.1, 0.15) is 24.8 Å². The van der Waals surface area contributed by atoms with Crippen LogP contribution in [0.15, 0.2) is 11.6 Å². The highest BCUT2D eigenvalue weighted by Gasteiger charge is 2.28. The Bertz CT molecular complexity index is 266. The van der Waals surface area contributed by atoms with Crippen molar-refractivity contribution in [3.63, 3.8) is 0 Å². The van der Waals surface area contributed by atoms with Crippen LogP contribution >= 0.6 is 23.1 Å². The van der Waals surface area contributed by atoms with Gasteiger partial charge in [-0.1, -0.05) is 0 Å². The van der Waals surface area contributed by atoms with Gasteiger partial charge in [-0.25, -0.2) is 4.98 Å². The van der Waals surface area contributed by atoms with Gasteiger partial charge < -0.3 is 5.32 Å². The predicted molar refractivity (Wildman–Crippen MR) is 63.9 cm³/mol. The molecule has 0 aliphatic carbocycles. The van der Waals surface area contributed by atoms with Crippen LogP contribution in [0.4, 0.5) is 0 Å². The minimum absolute atomic E-state index is 0.470. The molecule has 1 aromatic heterocycles. The van der Waals surface area contributed by atoms with E-state index in [-0.39, 0.29) is 0 Å². The standard InChI is InChI=1S/C10H16N2S2/c1-10(3-2-5-14-10)8-11-7-9-12-4-6-13-9/h4,6,11H,2-3,5,7-8H2,1H3. The Kier molecular flexibility index (Phi) is 3.47. The van der Waals surface area contributed by atoms with Crippen LogP contribution in [0.25, 0.3) is 0 Å². The topological polar surface area (TPSA) is 24.9 Å². The van der Waals surface area contributed by atoms with E-state index in [0.717, 1.165) is 13.1 Å². The monoisotopic (exact) mass is 228 g/mol. The average Bonchev–Trinajstić information content (AvgIpc) is 2.77. The summed E-state index contributed by atoms with van der Waals surface area (Å²) in [5.74, 6) is 1.33. The van der Waals surface area contributed by atoms with Crippen molar-refractivity contribution in [1.29, 1.82) is 0 Å². The van der Waals surface area contributed by atoms with Crippen LogP contribution in [0.2, 0.25) is 0 Å². The molecule has 1 aromatic rings. The summed E-state index contributed by atoms with van der Waals surface area (Å²) in [5.41, 5.74) is 0. The van der Waals surface area contributed by atoms with E-state index >= 15 is 0 Å². The minimum Gasteiger partial charge on any atom is -0.309 e. The summed E-state index contributed by atoms with van der Waals surface area (Å²) in [5, 5.41) is 6.72. The number of hydrogen-bond donors (Lipinski definition) is 1. The second-order valence-electron chi connectivity index (χ2n) is 3.93. The second kappa shape index (κ2) is 4.64. The summed E-state index contributed by atoms with van der Waals surface area (Å²) in [4.78, 5) is 4.25. The molecule has 1 unspecified atom stereocenters. The largest absolute Gasteiger partial charge is 0.309 e. The lowest BCUT2D eigenvalue weighted by Crippen LogP contribution is -2.32. The highest BCUT2D eigenvalue weighted by molar-refractivity contribution is 8.00. The van der Waals surface area contributed by atoms with Gasteiger partial charge >= 0.3 is 0 Å². The molecule has 1 fully saturated rings. The van der Waals surface area contributed by atoms with E-state index in [1.807, 2.05) is 11.6 Å². The SMILES string of the molecule is CC1(CNCc2nccs2)CCCS1. The number of nitrogens with one attached hydrogen (secondary N) is 1. The van der Waals surface area contributed by atoms with Gasteiger partial charge in [0.1, 0.15) is 5.01 Å². The van der Waals surface area contributed by atoms with Gasteiger partial charge in [0.2, 0.25) is 0 Å². The van der Waals surface area contributed by atoms with Crippen LogP contribution in [0.3, 0.4) is 0 Å². The Morgan fingerprint density at radius 3 is 3.21 bits per heavy atom. The Morgan fingerprint density at radius 1 is 1.64 bits per heavy atom. The van der Waals surface area contributed by atoms with E-state index in [4.69, 9.17) is 0 Å². The normalized spacial score (nSPS) is 26.9. The molecule has 0 saturated carbocycles. The molecule has 0 aromatic carbocycles. The third-order valence-corrected chi connectivity index (χ3v) is 4.88. The molecular weight excluding hydrogens is 212 g/mol. The highest BCUT2D eigenvalue weighted by atomic mass is 32.2. The quantitative estimate of drug-likeness (QED) is 0.857. The van der Waals surface area contributed by atoms with Crippen molar-refractivity contribution in [1.82, 2.24) is 10.3 Å². The van der Waals surface area contributed by atoms with Crippen LogP contribution in [0, 0.1) is 0 Å². The van der Waals surface area contributed by atoms with Crippen molar-refractivity contribution in [3.8, 4) is 0 Å². The smallest absolute Gasteiger partial charge is 0.106 e. The number of aromatic nitrogens is 1. The summed E-state index contributed by atoms with van der Waals surface area (Å²) in [6, 6.07) is 0. The van der Waals surface area contributed by atoms with Crippen molar-refractivity contribution in [2.24, 2.45) is 0 Å². The van der Waals surface area contributed by atoms with Gasteiger partial charge in [0.15, 0.2) is 0 Å². The van der Waals surface area contributed by atoms with E-state index in [2.05, 4.69) is 29.0 Å². The first kappa shape index (κ1) is 10.5. The maximum atomic E-state index is 4.25. The van der Waals surface area contributed by atoms with Gasteiger partial charge in [-0.15, -0.1) is 11.3 Å². The third kappa shape index (κ3) is 2.72. The van der Waals surface area contributed by atoms with Crippen molar-refractivity contribution in [2.75, 3.05) is 12.3 Å². The van der Waals surface area contributed by atoms with E-state index in [9.17, 15) is 0 Å². The van der Waals surface area contributed by atoms with Gasteiger partial charge in [-0.2, -0.15) is 11.8 Å². The van der Waals surface area contributed by atoms with Crippen molar-refractivity contribution < 1.29 is 0 Å². The summed E-state index contributed by atoms with van der Waals surface area (Å²) in [6.45, 7) is 4.39. The number of thiazole rings is 1. The first-order valence-electron chi connectivity index (χ1n) is 5.02. The molecule has 0 amide bonds. The van der Waals surface area contributed by atoms with Crippen LogP contribution < -0.4 is 5.32 Å². The maximum Gasteiger partial charge on any atom is 0.106 e. The fraction of sp³-hybridized carbons (Fsp3) is 0.700. The molecule has 1 aliphatic heterocycles. The molecule has 78 valence electrons. The lowest BCUT2D eigenvalue weighted by atomic mass is 10.1. The minimum atomic E-state index is 0.470. The number of thioether (sulfide) groups is 1. The molecule has 2 rings (SSSR count). The van der Waals surface area contributed by atoms with Crippen LogP contribution in [-0.2, 0) is 6.54 Å². The molecule has 14 heavy (non-hydrogen) atoms. The van der Waals surface area contributed by atoms with E-state index in [1.165, 1.54) is 23.6 Å². The van der Waals surface area contributed by atoms with Gasteiger partial charge in [0.05, 0.1) is 0 Å². The average molecular weight is 228 g/mol. The van der Waals surface area contributed by atoms with Gasteiger partial charge in [0.25, 0.3) is 0 Å². The molecule has 2 heterocycles. The zero-order valence-corrected chi connectivity index (χ0v) is 10.1. The molecule has 0 bridgehead atoms. The van der Waals surface area contributed by atoms with Gasteiger partial charge in [-0.3, -0.25) is 0 Å². The van der Waals surface area contributed by atoms with Crippen molar-refractivity contribution in [2.45, 2.75) is 31.1 Å². The van der Waals surface area contributed by atoms with E-state index in [0.29, 0.717) is 4.75 Å². The Labute approximate surface area is 93.5 Å². The fourth-order valence-corrected chi connectivity index (χ4v) is 3.61. The van der Waals surface area contributed by atoms with Gasteiger partial charge in [-0.05, 0) is 25.5 Å². The fourth-order valence-electron chi connectivity index (χ4n) is 1.75. The summed E-state index contributed by atoms with van der Waals surface area (Å²) in [7, 11) is 0. The zero-order chi connectivity index (χ0) is 9.86. The Hall–Kier alpha value is -0.0600. The summed E-state index contributed by atoms with van der Waals surface area (Å²) < 4.78 is 0.470. The number of hydrogen-bond acceptors (Lipinski definition) is 4. The van der Waals surface area contributed by atoms with Gasteiger partial charge in [0, 0.05) is 29.4 Å². The van der Waals surface area contributed by atoms with Crippen molar-refractivity contribution in [3.05, 3.63) is 16.6 Å². The molecular formula is C10H16N2S2. The Balaban J connectivity index is 1.72. The maximum absolute atomic E-state index is 4.25. The summed E-state index contributed by atoms with van der Waals surface area (Å²) in [6.07, 6.45) is 4.59. The van der Waals surface area contributed by atoms with E-state index < -0.39 is 0 Å². The molecule has 4 heteroatoms. The number of rotatable bonds is 4. The molecule has 1 saturated heterocycles. The van der Waals surface area contributed by atoms with Crippen molar-refractivity contribution >= 4 is 23.1 Å². The lowest BCUT2D eigenvalue weighted by molar-refractivity contribution is 0.536. The molecule has 0 spiro atoms. The first-order valence-corrected chi connectivity index (χ1v) is 6.88. The lowest BCUT2D eigenvalue weighted by Gasteiger charge is -2.22. The summed E-state index contributed by atoms with van der Waals surface area (Å²) >= 11 is 3.83. The third-order valence-electron chi connectivity index (χ3n) is 2.56. The van der Waals surface area contributed by atoms with E-state index in [1.54, 1.807) is 11.3 Å².